The summed E-state index contributed by atoms with van der Waals surface area (Å²) < 4.78 is 47.1. The lowest BCUT2D eigenvalue weighted by Crippen LogP contribution is -2.49. The third-order valence-electron chi connectivity index (χ3n) is 5.44. The van der Waals surface area contributed by atoms with Gasteiger partial charge in [-0.25, -0.2) is 9.18 Å². The number of hydrogen-bond donors (Lipinski definition) is 3. The van der Waals surface area contributed by atoms with Gasteiger partial charge in [-0.05, 0) is 25.8 Å². The van der Waals surface area contributed by atoms with Crippen LogP contribution in [0.15, 0.2) is 10.9 Å². The first-order chi connectivity index (χ1) is 14.2. The van der Waals surface area contributed by atoms with Crippen LogP contribution in [0.4, 0.5) is 24.5 Å². The van der Waals surface area contributed by atoms with Crippen molar-refractivity contribution in [2.75, 3.05) is 30.3 Å². The summed E-state index contributed by atoms with van der Waals surface area (Å²) >= 11 is 0. The molecule has 1 aromatic carbocycles. The van der Waals surface area contributed by atoms with E-state index in [0.717, 1.165) is 0 Å². The first kappa shape index (κ1) is 20.3. The van der Waals surface area contributed by atoms with E-state index in [2.05, 4.69) is 10.1 Å². The van der Waals surface area contributed by atoms with E-state index in [4.69, 9.17) is 5.73 Å². The van der Waals surface area contributed by atoms with Crippen LogP contribution in [0, 0.1) is 5.82 Å². The molecule has 8 nitrogen and oxygen atoms in total. The zero-order chi connectivity index (χ0) is 21.7. The van der Waals surface area contributed by atoms with Gasteiger partial charge in [-0.2, -0.15) is 8.78 Å². The topological polar surface area (TPSA) is 110 Å². The number of nitrogens with zero attached hydrogens (tertiary/aromatic N) is 2. The third kappa shape index (κ3) is 3.32. The van der Waals surface area contributed by atoms with Gasteiger partial charge >= 0.3 is 12.6 Å². The maximum Gasteiger partial charge on any atom is 0.388 e. The van der Waals surface area contributed by atoms with Crippen LogP contribution in [-0.2, 0) is 0 Å². The number of halogens is 3. The van der Waals surface area contributed by atoms with Crippen LogP contribution >= 0.6 is 0 Å². The number of carboxylic acids is 1. The number of nitrogens with one attached hydrogen (secondary N) is 1. The molecule has 0 bridgehead atoms. The van der Waals surface area contributed by atoms with Gasteiger partial charge in [-0.15, -0.1) is 0 Å². The lowest BCUT2D eigenvalue weighted by molar-refractivity contribution is -0.0558. The Morgan fingerprint density at radius 2 is 2.10 bits per heavy atom. The zero-order valence-electron chi connectivity index (χ0n) is 16.1. The standard InChI is InChI=1S/C19H21F3N4O4/c1-8-7-25(5-4-24-8)11-6-10-12(15(23)14(11)20)16(27)13(18(28)29)17(30-19(21)22)26(10)9-2-3-9/h6,8-9,19,24H,2-5,7,23H2,1H3,(H,28,29)/t8-/m0/s1. The van der Waals surface area contributed by atoms with Crippen molar-refractivity contribution in [3.8, 4) is 5.88 Å². The minimum atomic E-state index is -3.34. The second-order valence-corrected chi connectivity index (χ2v) is 7.61. The maximum absolute atomic E-state index is 15.2. The largest absolute Gasteiger partial charge is 0.477 e. The van der Waals surface area contributed by atoms with Gasteiger partial charge in [0.1, 0.15) is 0 Å². The lowest BCUT2D eigenvalue weighted by atomic mass is 10.1. The molecule has 0 radical (unpaired) electrons. The summed E-state index contributed by atoms with van der Waals surface area (Å²) in [6, 6.07) is 1.11. The molecule has 2 aliphatic rings. The lowest BCUT2D eigenvalue weighted by Gasteiger charge is -2.34. The summed E-state index contributed by atoms with van der Waals surface area (Å²) in [7, 11) is 0. The van der Waals surface area contributed by atoms with Gasteiger partial charge in [0, 0.05) is 31.7 Å². The van der Waals surface area contributed by atoms with E-state index in [1.807, 2.05) is 6.92 Å². The van der Waals surface area contributed by atoms with Crippen molar-refractivity contribution in [2.45, 2.75) is 38.5 Å². The number of nitrogen functional groups attached to an aromatic ring is 1. The molecule has 2 aromatic rings. The summed E-state index contributed by atoms with van der Waals surface area (Å²) in [6.07, 6.45) is 1.15. The SMILES string of the molecule is C[C@H]1CN(c2cc3c(c(N)c2F)c(=O)c(C(=O)O)c(OC(F)F)n3C2CC2)CCN1. The highest BCUT2D eigenvalue weighted by atomic mass is 19.3. The van der Waals surface area contributed by atoms with Crippen molar-refractivity contribution in [3.63, 3.8) is 0 Å². The fourth-order valence-corrected chi connectivity index (χ4v) is 4.00. The number of aromatic carboxylic acids is 1. The van der Waals surface area contributed by atoms with Gasteiger partial charge in [-0.3, -0.25) is 4.79 Å². The maximum atomic E-state index is 15.2. The molecule has 0 amide bonds. The molecule has 4 rings (SSSR count). The first-order valence-electron chi connectivity index (χ1n) is 9.57. The Balaban J connectivity index is 2.06. The van der Waals surface area contributed by atoms with Gasteiger partial charge in [0.2, 0.25) is 11.3 Å². The monoisotopic (exact) mass is 426 g/mol. The van der Waals surface area contributed by atoms with Gasteiger partial charge in [0.15, 0.2) is 11.4 Å². The Labute approximate surface area is 169 Å². The number of fused-ring (bicyclic) bond motifs is 1. The number of carboxylic acid groups (broad SMARTS) is 1. The molecule has 1 atom stereocenters. The Bertz CT molecular complexity index is 1080. The van der Waals surface area contributed by atoms with E-state index in [-0.39, 0.29) is 28.7 Å². The molecule has 0 spiro atoms. The summed E-state index contributed by atoms with van der Waals surface area (Å²) in [5, 5.41) is 12.4. The number of ether oxygens (including phenoxy) is 1. The normalized spacial score (nSPS) is 19.5. The second kappa shape index (κ2) is 7.38. The minimum Gasteiger partial charge on any atom is -0.477 e. The van der Waals surface area contributed by atoms with Gasteiger partial charge in [0.25, 0.3) is 0 Å². The molecule has 162 valence electrons. The average Bonchev–Trinajstić information content (AvgIpc) is 3.48. The highest BCUT2D eigenvalue weighted by Crippen LogP contribution is 2.44. The van der Waals surface area contributed by atoms with Gasteiger partial charge < -0.3 is 30.4 Å². The number of anilines is 2. The van der Waals surface area contributed by atoms with Gasteiger partial charge in [-0.1, -0.05) is 0 Å². The average molecular weight is 426 g/mol. The van der Waals surface area contributed by atoms with Crippen molar-refractivity contribution in [1.29, 1.82) is 0 Å². The molecule has 1 aliphatic heterocycles. The fraction of sp³-hybridized carbons (Fsp3) is 0.474. The summed E-state index contributed by atoms with van der Waals surface area (Å²) in [5.74, 6) is -3.31. The number of hydrogen-bond acceptors (Lipinski definition) is 6. The van der Waals surface area contributed by atoms with E-state index in [0.29, 0.717) is 32.5 Å². The molecule has 4 N–H and O–H groups in total. The predicted octanol–water partition coefficient (Wildman–Crippen LogP) is 2.16. The summed E-state index contributed by atoms with van der Waals surface area (Å²) in [5.41, 5.74) is 3.54. The van der Waals surface area contributed by atoms with E-state index >= 15 is 4.39 Å². The Hall–Kier alpha value is -2.95. The highest BCUT2D eigenvalue weighted by Gasteiger charge is 2.35. The van der Waals surface area contributed by atoms with E-state index in [9.17, 15) is 23.5 Å². The quantitative estimate of drug-likeness (QED) is 0.629. The Morgan fingerprint density at radius 1 is 1.40 bits per heavy atom. The number of carbonyl (C=O) groups is 1. The fourth-order valence-electron chi connectivity index (χ4n) is 4.00. The number of pyridine rings is 1. The number of benzene rings is 1. The van der Waals surface area contributed by atoms with Gasteiger partial charge in [0.05, 0.1) is 22.3 Å². The highest BCUT2D eigenvalue weighted by molar-refractivity contribution is 6.01. The molecule has 1 saturated heterocycles. The molecule has 1 aliphatic carbocycles. The van der Waals surface area contributed by atoms with E-state index < -0.39 is 41.0 Å². The zero-order valence-corrected chi connectivity index (χ0v) is 16.1. The second-order valence-electron chi connectivity index (χ2n) is 7.61. The third-order valence-corrected chi connectivity index (χ3v) is 5.44. The van der Waals surface area contributed by atoms with Crippen molar-refractivity contribution < 1.29 is 27.8 Å². The molecule has 0 unspecified atom stereocenters. The van der Waals surface area contributed by atoms with Crippen molar-refractivity contribution in [2.24, 2.45) is 0 Å². The predicted molar refractivity (Wildman–Crippen MR) is 104 cm³/mol. The van der Waals surface area contributed by atoms with Crippen LogP contribution in [0.5, 0.6) is 5.88 Å². The summed E-state index contributed by atoms with van der Waals surface area (Å²) in [4.78, 5) is 26.4. The van der Waals surface area contributed by atoms with Crippen LogP contribution in [0.25, 0.3) is 10.9 Å². The molecule has 30 heavy (non-hydrogen) atoms. The van der Waals surface area contributed by atoms with Crippen molar-refractivity contribution >= 4 is 28.2 Å². The number of alkyl halides is 2. The molecular weight excluding hydrogens is 405 g/mol. The number of piperazine rings is 1. The molecular formula is C19H21F3N4O4. The first-order valence-corrected chi connectivity index (χ1v) is 9.57. The van der Waals surface area contributed by atoms with E-state index in [1.165, 1.54) is 10.6 Å². The molecule has 2 heterocycles. The summed E-state index contributed by atoms with van der Waals surface area (Å²) in [6.45, 7) is 0.154. The molecule has 1 saturated carbocycles. The molecule has 2 fully saturated rings. The van der Waals surface area contributed by atoms with Crippen LogP contribution in [-0.4, -0.2) is 47.9 Å². The Kier molecular flexibility index (Phi) is 5.00. The van der Waals surface area contributed by atoms with Crippen LogP contribution in [0.3, 0.4) is 0 Å². The van der Waals surface area contributed by atoms with E-state index in [1.54, 1.807) is 4.90 Å². The van der Waals surface area contributed by atoms with Crippen LogP contribution in [0.1, 0.15) is 36.2 Å². The number of rotatable bonds is 5. The van der Waals surface area contributed by atoms with Crippen molar-refractivity contribution in [1.82, 2.24) is 9.88 Å². The number of aromatic nitrogens is 1. The van der Waals surface area contributed by atoms with Crippen LogP contribution in [0.2, 0.25) is 0 Å². The molecule has 1 aromatic heterocycles. The number of nitrogens with two attached hydrogens (primary N) is 1. The van der Waals surface area contributed by atoms with Crippen molar-refractivity contribution in [3.05, 3.63) is 27.7 Å². The van der Waals surface area contributed by atoms with Crippen LogP contribution < -0.4 is 26.1 Å². The minimum absolute atomic E-state index is 0.0767. The Morgan fingerprint density at radius 3 is 2.67 bits per heavy atom. The smallest absolute Gasteiger partial charge is 0.388 e. The molecule has 11 heteroatoms.